The number of aromatic amines is 1. The molecule has 1 aromatic carbocycles. The van der Waals surface area contributed by atoms with Crippen LogP contribution in [-0.2, 0) is 14.8 Å². The van der Waals surface area contributed by atoms with Gasteiger partial charge in [0.1, 0.15) is 12.4 Å². The van der Waals surface area contributed by atoms with Gasteiger partial charge < -0.3 is 10.2 Å². The van der Waals surface area contributed by atoms with E-state index >= 15 is 0 Å². The molecule has 1 fully saturated rings. The fraction of sp³-hybridized carbons (Fsp3) is 0.500. The number of benzene rings is 1. The summed E-state index contributed by atoms with van der Waals surface area (Å²) in [6.45, 7) is 6.60. The van der Waals surface area contributed by atoms with Crippen molar-refractivity contribution >= 4 is 21.8 Å². The predicted molar refractivity (Wildman–Crippen MR) is 114 cm³/mol. The molecule has 1 aliphatic rings. The second-order valence-corrected chi connectivity index (χ2v) is 9.84. The number of aryl methyl sites for hydroxylation is 1. The lowest BCUT2D eigenvalue weighted by Crippen LogP contribution is -2.56. The number of amides is 2. The van der Waals surface area contributed by atoms with Gasteiger partial charge in [0, 0.05) is 31.7 Å². The average molecular weight is 449 g/mol. The van der Waals surface area contributed by atoms with Crippen molar-refractivity contribution < 1.29 is 18.0 Å². The monoisotopic (exact) mass is 448 g/mol. The molecule has 2 amide bonds. The van der Waals surface area contributed by atoms with E-state index in [1.807, 2.05) is 32.9 Å². The maximum atomic E-state index is 13.2. The molecule has 0 spiro atoms. The van der Waals surface area contributed by atoms with Gasteiger partial charge in [0.15, 0.2) is 0 Å². The topological polar surface area (TPSA) is 128 Å². The highest BCUT2D eigenvalue weighted by Gasteiger charge is 2.34. The molecule has 1 atom stereocenters. The number of nitrogens with one attached hydrogen (secondary N) is 2. The van der Waals surface area contributed by atoms with Crippen LogP contribution in [0.15, 0.2) is 35.7 Å². The first-order chi connectivity index (χ1) is 14.7. The van der Waals surface area contributed by atoms with Crippen LogP contribution in [0.5, 0.6) is 0 Å². The fourth-order valence-corrected chi connectivity index (χ4v) is 4.80. The summed E-state index contributed by atoms with van der Waals surface area (Å²) >= 11 is 0. The number of hydrogen-bond acceptors (Lipinski definition) is 6. The Balaban J connectivity index is 1.67. The highest BCUT2D eigenvalue weighted by atomic mass is 32.2. The number of carbonyl (C=O) groups excluding carboxylic acids is 2. The maximum Gasteiger partial charge on any atom is 0.278 e. The number of piperazine rings is 1. The molecule has 2 heterocycles. The van der Waals surface area contributed by atoms with Gasteiger partial charge in [0.05, 0.1) is 0 Å². The van der Waals surface area contributed by atoms with Crippen molar-refractivity contribution in [3.05, 3.63) is 41.7 Å². The van der Waals surface area contributed by atoms with E-state index in [1.165, 1.54) is 4.31 Å². The zero-order valence-electron chi connectivity index (χ0n) is 17.9. The number of H-pyrrole nitrogens is 1. The molecule has 0 bridgehead atoms. The fourth-order valence-electron chi connectivity index (χ4n) is 3.57. The molecular formula is C20H28N6O4S. The SMILES string of the molecule is Cc1ccccc1C(=O)N[C@@H](CC(C)C)C(=O)N1CCN(S(=O)(=O)c2ncn[nH]2)CC1. The quantitative estimate of drug-likeness (QED) is 0.644. The third kappa shape index (κ3) is 5.28. The van der Waals surface area contributed by atoms with Gasteiger partial charge in [-0.3, -0.25) is 9.59 Å². The molecule has 1 aromatic heterocycles. The van der Waals surface area contributed by atoms with Gasteiger partial charge in [0.2, 0.25) is 5.91 Å². The third-order valence-electron chi connectivity index (χ3n) is 5.23. The zero-order valence-corrected chi connectivity index (χ0v) is 18.7. The van der Waals surface area contributed by atoms with E-state index in [-0.39, 0.29) is 49.1 Å². The van der Waals surface area contributed by atoms with Crippen LogP contribution >= 0.6 is 0 Å². The van der Waals surface area contributed by atoms with E-state index in [2.05, 4.69) is 20.5 Å². The van der Waals surface area contributed by atoms with Crippen molar-refractivity contribution in [2.24, 2.45) is 5.92 Å². The van der Waals surface area contributed by atoms with Gasteiger partial charge >= 0.3 is 0 Å². The van der Waals surface area contributed by atoms with Crippen LogP contribution in [0.1, 0.15) is 36.2 Å². The Bertz CT molecular complexity index is 1010. The van der Waals surface area contributed by atoms with Crippen LogP contribution in [0.4, 0.5) is 0 Å². The summed E-state index contributed by atoms with van der Waals surface area (Å²) < 4.78 is 26.4. The minimum Gasteiger partial charge on any atom is -0.340 e. The minimum atomic E-state index is -3.77. The number of hydrogen-bond donors (Lipinski definition) is 2. The molecule has 11 heteroatoms. The van der Waals surface area contributed by atoms with Crippen molar-refractivity contribution in [3.8, 4) is 0 Å². The van der Waals surface area contributed by atoms with Crippen molar-refractivity contribution in [1.82, 2.24) is 29.7 Å². The van der Waals surface area contributed by atoms with E-state index in [9.17, 15) is 18.0 Å². The molecule has 31 heavy (non-hydrogen) atoms. The minimum absolute atomic E-state index is 0.148. The molecule has 10 nitrogen and oxygen atoms in total. The van der Waals surface area contributed by atoms with Crippen LogP contribution < -0.4 is 5.32 Å². The maximum absolute atomic E-state index is 13.2. The largest absolute Gasteiger partial charge is 0.340 e. The molecule has 2 aromatic rings. The second kappa shape index (κ2) is 9.56. The normalized spacial score (nSPS) is 16.3. The first-order valence-corrected chi connectivity index (χ1v) is 11.6. The summed E-state index contributed by atoms with van der Waals surface area (Å²) in [6.07, 6.45) is 1.63. The first-order valence-electron chi connectivity index (χ1n) is 10.2. The highest BCUT2D eigenvalue weighted by molar-refractivity contribution is 7.88. The van der Waals surface area contributed by atoms with E-state index in [4.69, 9.17) is 0 Å². The van der Waals surface area contributed by atoms with Gasteiger partial charge in [-0.15, -0.1) is 0 Å². The van der Waals surface area contributed by atoms with Crippen molar-refractivity contribution in [2.45, 2.75) is 38.4 Å². The lowest BCUT2D eigenvalue weighted by molar-refractivity contribution is -0.134. The van der Waals surface area contributed by atoms with Gasteiger partial charge in [-0.05, 0) is 30.9 Å². The summed E-state index contributed by atoms with van der Waals surface area (Å²) in [5.74, 6) is -0.296. The number of carbonyl (C=O) groups is 2. The third-order valence-corrected chi connectivity index (χ3v) is 6.96. The Labute approximate surface area is 182 Å². The van der Waals surface area contributed by atoms with Gasteiger partial charge in [-0.25, -0.2) is 18.5 Å². The van der Waals surface area contributed by atoms with E-state index in [1.54, 1.807) is 17.0 Å². The van der Waals surface area contributed by atoms with E-state index < -0.39 is 16.1 Å². The molecule has 0 radical (unpaired) electrons. The number of nitrogens with zero attached hydrogens (tertiary/aromatic N) is 4. The molecule has 1 aliphatic heterocycles. The number of sulfonamides is 1. The summed E-state index contributed by atoms with van der Waals surface area (Å²) in [5, 5.41) is 8.63. The molecule has 0 unspecified atom stereocenters. The molecule has 3 rings (SSSR count). The zero-order chi connectivity index (χ0) is 22.6. The summed E-state index contributed by atoms with van der Waals surface area (Å²) in [4.78, 5) is 31.3. The predicted octanol–water partition coefficient (Wildman–Crippen LogP) is 0.791. The summed E-state index contributed by atoms with van der Waals surface area (Å²) in [5.41, 5.74) is 1.37. The molecular weight excluding hydrogens is 420 g/mol. The molecule has 168 valence electrons. The highest BCUT2D eigenvalue weighted by Crippen LogP contribution is 2.16. The number of aromatic nitrogens is 3. The standard InChI is InChI=1S/C20H28N6O4S/c1-14(2)12-17(23-18(27)16-7-5-4-6-15(16)3)19(28)25-8-10-26(11-9-25)31(29,30)20-21-13-22-24-20/h4-7,13-14,17H,8-12H2,1-3H3,(H,23,27)(H,21,22,24)/t17-/m0/s1. The molecule has 2 N–H and O–H groups in total. The lowest BCUT2D eigenvalue weighted by atomic mass is 10.0. The summed E-state index contributed by atoms with van der Waals surface area (Å²) in [6, 6.07) is 6.55. The van der Waals surface area contributed by atoms with Crippen LogP contribution in [0.3, 0.4) is 0 Å². The Kier molecular flexibility index (Phi) is 7.06. The van der Waals surface area contributed by atoms with Gasteiger partial charge in [-0.2, -0.15) is 9.40 Å². The Hall–Kier alpha value is -2.79. The Morgan fingerprint density at radius 3 is 2.42 bits per heavy atom. The van der Waals surface area contributed by atoms with E-state index in [0.717, 1.165) is 11.9 Å². The van der Waals surface area contributed by atoms with Crippen LogP contribution in [0, 0.1) is 12.8 Å². The van der Waals surface area contributed by atoms with Crippen molar-refractivity contribution in [2.75, 3.05) is 26.2 Å². The van der Waals surface area contributed by atoms with Gasteiger partial charge in [0.25, 0.3) is 21.1 Å². The van der Waals surface area contributed by atoms with Crippen molar-refractivity contribution in [1.29, 1.82) is 0 Å². The molecule has 0 saturated carbocycles. The van der Waals surface area contributed by atoms with Crippen molar-refractivity contribution in [3.63, 3.8) is 0 Å². The Morgan fingerprint density at radius 2 is 1.84 bits per heavy atom. The van der Waals surface area contributed by atoms with Gasteiger partial charge in [-0.1, -0.05) is 32.0 Å². The average Bonchev–Trinajstić information content (AvgIpc) is 3.28. The first kappa shape index (κ1) is 22.9. The second-order valence-electron chi connectivity index (χ2n) is 7.99. The van der Waals surface area contributed by atoms with Crippen LogP contribution in [-0.4, -0.2) is 76.8 Å². The summed E-state index contributed by atoms with van der Waals surface area (Å²) in [7, 11) is -3.77. The Morgan fingerprint density at radius 1 is 1.16 bits per heavy atom. The molecule has 0 aliphatic carbocycles. The smallest absolute Gasteiger partial charge is 0.278 e. The van der Waals surface area contributed by atoms with E-state index in [0.29, 0.717) is 12.0 Å². The van der Waals surface area contributed by atoms with Crippen LogP contribution in [0.25, 0.3) is 0 Å². The van der Waals surface area contributed by atoms with Crippen LogP contribution in [0.2, 0.25) is 0 Å². The number of rotatable bonds is 7. The lowest BCUT2D eigenvalue weighted by Gasteiger charge is -2.35. The molecule has 1 saturated heterocycles.